The Kier molecular flexibility index (Phi) is 4.66. The second-order valence-corrected chi connectivity index (χ2v) is 4.76. The van der Waals surface area contributed by atoms with Gasteiger partial charge in [0.1, 0.15) is 5.66 Å². The Morgan fingerprint density at radius 3 is 2.37 bits per heavy atom. The molecular formula is C12H17Cl2N5. The Labute approximate surface area is 123 Å². The summed E-state index contributed by atoms with van der Waals surface area (Å²) in [4.78, 5) is 10.3. The first kappa shape index (κ1) is 15.6. The van der Waals surface area contributed by atoms with Crippen LogP contribution in [0.1, 0.15) is 20.3 Å². The van der Waals surface area contributed by atoms with Gasteiger partial charge >= 0.3 is 0 Å². The minimum Gasteiger partial charge on any atom is -0.369 e. The summed E-state index contributed by atoms with van der Waals surface area (Å²) in [6.45, 7) is 3.99. The van der Waals surface area contributed by atoms with Crippen molar-refractivity contribution >= 4 is 41.6 Å². The van der Waals surface area contributed by atoms with Gasteiger partial charge < -0.3 is 11.5 Å². The van der Waals surface area contributed by atoms with Crippen LogP contribution in [0.25, 0.3) is 0 Å². The van der Waals surface area contributed by atoms with Gasteiger partial charge in [0.15, 0.2) is 0 Å². The summed E-state index contributed by atoms with van der Waals surface area (Å²) in [6, 6.07) is 7.38. The smallest absolute Gasteiger partial charge is 0.220 e. The molecule has 1 aromatic rings. The van der Waals surface area contributed by atoms with E-state index in [2.05, 4.69) is 9.98 Å². The van der Waals surface area contributed by atoms with Gasteiger partial charge in [0, 0.05) is 10.7 Å². The normalized spacial score (nSPS) is 22.4. The van der Waals surface area contributed by atoms with Crippen LogP contribution in [-0.4, -0.2) is 17.6 Å². The molecule has 1 heterocycles. The van der Waals surface area contributed by atoms with Crippen molar-refractivity contribution in [3.8, 4) is 0 Å². The highest BCUT2D eigenvalue weighted by Crippen LogP contribution is 2.30. The number of guanidine groups is 2. The van der Waals surface area contributed by atoms with E-state index in [1.165, 1.54) is 0 Å². The zero-order valence-electron chi connectivity index (χ0n) is 10.8. The van der Waals surface area contributed by atoms with Crippen molar-refractivity contribution in [2.45, 2.75) is 25.9 Å². The molecule has 1 atom stereocenters. The van der Waals surface area contributed by atoms with Gasteiger partial charge in [-0.3, -0.25) is 4.90 Å². The van der Waals surface area contributed by atoms with Crippen LogP contribution >= 0.6 is 24.0 Å². The van der Waals surface area contributed by atoms with E-state index in [9.17, 15) is 0 Å². The summed E-state index contributed by atoms with van der Waals surface area (Å²) in [7, 11) is 0. The SMILES string of the molecule is CCC1(C)N=C(N)N=C(N)N1c1ccc(Cl)cc1.Cl. The largest absolute Gasteiger partial charge is 0.369 e. The van der Waals surface area contributed by atoms with Gasteiger partial charge in [-0.15, -0.1) is 12.4 Å². The summed E-state index contributed by atoms with van der Waals surface area (Å²) >= 11 is 5.89. The fraction of sp³-hybridized carbons (Fsp3) is 0.333. The van der Waals surface area contributed by atoms with Gasteiger partial charge in [-0.05, 0) is 37.6 Å². The molecule has 1 aromatic carbocycles. The van der Waals surface area contributed by atoms with Crippen LogP contribution in [0.4, 0.5) is 5.69 Å². The number of aliphatic imine (C=N–C) groups is 2. The summed E-state index contributed by atoms with van der Waals surface area (Å²) in [5.74, 6) is 0.552. The van der Waals surface area contributed by atoms with Gasteiger partial charge in [-0.1, -0.05) is 18.5 Å². The van der Waals surface area contributed by atoms with Crippen molar-refractivity contribution in [3.05, 3.63) is 29.3 Å². The molecule has 0 radical (unpaired) electrons. The average molecular weight is 302 g/mol. The molecule has 0 spiro atoms. The van der Waals surface area contributed by atoms with E-state index in [4.69, 9.17) is 23.1 Å². The van der Waals surface area contributed by atoms with E-state index < -0.39 is 5.66 Å². The maximum atomic E-state index is 5.97. The third-order valence-electron chi connectivity index (χ3n) is 3.05. The summed E-state index contributed by atoms with van der Waals surface area (Å²) in [5.41, 5.74) is 12.0. The minimum atomic E-state index is -0.524. The third kappa shape index (κ3) is 2.93. The summed E-state index contributed by atoms with van der Waals surface area (Å²) in [5, 5.41) is 0.674. The highest BCUT2D eigenvalue weighted by atomic mass is 35.5. The molecule has 0 aliphatic carbocycles. The molecule has 0 bridgehead atoms. The predicted molar refractivity (Wildman–Crippen MR) is 83.1 cm³/mol. The first-order chi connectivity index (χ1) is 8.46. The van der Waals surface area contributed by atoms with Gasteiger partial charge in [0.05, 0.1) is 0 Å². The van der Waals surface area contributed by atoms with Crippen molar-refractivity contribution in [2.24, 2.45) is 21.5 Å². The molecular weight excluding hydrogens is 285 g/mol. The lowest BCUT2D eigenvalue weighted by Crippen LogP contribution is -2.55. The zero-order chi connectivity index (χ0) is 13.3. The first-order valence-electron chi connectivity index (χ1n) is 5.71. The fourth-order valence-electron chi connectivity index (χ4n) is 1.97. The average Bonchev–Trinajstić information content (AvgIpc) is 2.30. The minimum absolute atomic E-state index is 0. The molecule has 0 saturated heterocycles. The Bertz CT molecular complexity index is 511. The molecule has 0 fully saturated rings. The highest BCUT2D eigenvalue weighted by Gasteiger charge is 2.35. The maximum Gasteiger partial charge on any atom is 0.220 e. The van der Waals surface area contributed by atoms with E-state index in [0.29, 0.717) is 11.0 Å². The number of halogens is 2. The van der Waals surface area contributed by atoms with E-state index in [-0.39, 0.29) is 18.4 Å². The van der Waals surface area contributed by atoms with Crippen LogP contribution in [0.5, 0.6) is 0 Å². The molecule has 2 rings (SSSR count). The second kappa shape index (κ2) is 5.67. The molecule has 1 unspecified atom stereocenters. The van der Waals surface area contributed by atoms with E-state index in [0.717, 1.165) is 12.1 Å². The van der Waals surface area contributed by atoms with Crippen molar-refractivity contribution < 1.29 is 0 Å². The summed E-state index contributed by atoms with van der Waals surface area (Å²) in [6.07, 6.45) is 0.756. The monoisotopic (exact) mass is 301 g/mol. The first-order valence-corrected chi connectivity index (χ1v) is 6.09. The second-order valence-electron chi connectivity index (χ2n) is 4.32. The predicted octanol–water partition coefficient (Wildman–Crippen LogP) is 2.34. The maximum absolute atomic E-state index is 5.97. The summed E-state index contributed by atoms with van der Waals surface area (Å²) < 4.78 is 0. The number of nitrogens with two attached hydrogens (primary N) is 2. The van der Waals surface area contributed by atoms with Crippen molar-refractivity contribution in [3.63, 3.8) is 0 Å². The standard InChI is InChI=1S/C12H16ClN5.ClH/c1-3-12(2)17-10(14)16-11(15)18(12)9-6-4-8(13)5-7-9;/h4-7H,3H2,1-2H3,(H4,14,15,16,17);1H. The molecule has 7 heteroatoms. The quantitative estimate of drug-likeness (QED) is 0.880. The van der Waals surface area contributed by atoms with E-state index in [1.807, 2.05) is 43.0 Å². The molecule has 0 aromatic heterocycles. The van der Waals surface area contributed by atoms with Gasteiger partial charge in [-0.25, -0.2) is 4.99 Å². The topological polar surface area (TPSA) is 80.0 Å². The van der Waals surface area contributed by atoms with Gasteiger partial charge in [0.25, 0.3) is 0 Å². The molecule has 104 valence electrons. The van der Waals surface area contributed by atoms with Crippen LogP contribution in [0.3, 0.4) is 0 Å². The molecule has 5 nitrogen and oxygen atoms in total. The molecule has 19 heavy (non-hydrogen) atoms. The zero-order valence-corrected chi connectivity index (χ0v) is 12.4. The van der Waals surface area contributed by atoms with Crippen molar-refractivity contribution in [1.82, 2.24) is 0 Å². The number of anilines is 1. The van der Waals surface area contributed by atoms with Gasteiger partial charge in [0.2, 0.25) is 11.9 Å². The van der Waals surface area contributed by atoms with E-state index in [1.54, 1.807) is 0 Å². The highest BCUT2D eigenvalue weighted by molar-refractivity contribution is 6.30. The Morgan fingerprint density at radius 2 is 1.84 bits per heavy atom. The van der Waals surface area contributed by atoms with Crippen LogP contribution in [0.2, 0.25) is 5.02 Å². The number of benzene rings is 1. The number of nitrogens with zero attached hydrogens (tertiary/aromatic N) is 3. The third-order valence-corrected chi connectivity index (χ3v) is 3.30. The number of hydrogen-bond acceptors (Lipinski definition) is 5. The molecule has 1 aliphatic rings. The Morgan fingerprint density at radius 1 is 1.26 bits per heavy atom. The van der Waals surface area contributed by atoms with Crippen LogP contribution < -0.4 is 16.4 Å². The molecule has 0 saturated carbocycles. The molecule has 1 aliphatic heterocycles. The molecule has 4 N–H and O–H groups in total. The molecule has 0 amide bonds. The van der Waals surface area contributed by atoms with Crippen LogP contribution in [0.15, 0.2) is 34.3 Å². The Balaban J connectivity index is 0.00000180. The van der Waals surface area contributed by atoms with E-state index >= 15 is 0 Å². The fourth-order valence-corrected chi connectivity index (χ4v) is 2.10. The van der Waals surface area contributed by atoms with Crippen LogP contribution in [-0.2, 0) is 0 Å². The number of hydrogen-bond donors (Lipinski definition) is 2. The Hall–Kier alpha value is -1.46. The lowest BCUT2D eigenvalue weighted by atomic mass is 10.1. The van der Waals surface area contributed by atoms with Crippen molar-refractivity contribution in [2.75, 3.05) is 4.90 Å². The van der Waals surface area contributed by atoms with Gasteiger partial charge in [-0.2, -0.15) is 4.99 Å². The lowest BCUT2D eigenvalue weighted by molar-refractivity contribution is 0.466. The number of rotatable bonds is 2. The van der Waals surface area contributed by atoms with Crippen LogP contribution in [0, 0.1) is 0 Å². The lowest BCUT2D eigenvalue weighted by Gasteiger charge is -2.40. The van der Waals surface area contributed by atoms with Crippen molar-refractivity contribution in [1.29, 1.82) is 0 Å².